The van der Waals surface area contributed by atoms with Gasteiger partial charge in [0, 0.05) is 16.1 Å². The van der Waals surface area contributed by atoms with Crippen molar-refractivity contribution in [1.82, 2.24) is 4.90 Å². The molecule has 1 fully saturated rings. The van der Waals surface area contributed by atoms with Crippen molar-refractivity contribution in [3.05, 3.63) is 58.6 Å². The molecule has 6 nitrogen and oxygen atoms in total. The van der Waals surface area contributed by atoms with Gasteiger partial charge in [0.1, 0.15) is 6.04 Å². The Kier molecular flexibility index (Phi) is 7.39. The Morgan fingerprint density at radius 3 is 2.09 bits per heavy atom. The molecule has 3 rings (SSSR count). The number of carbonyl (C=O) groups is 3. The zero-order valence-corrected chi connectivity index (χ0v) is 20.1. The van der Waals surface area contributed by atoms with Gasteiger partial charge in [-0.2, -0.15) is 0 Å². The first-order valence-electron chi connectivity index (χ1n) is 10.6. The Hall–Kier alpha value is -2.67. The number of carboxylic acid groups (broad SMARTS) is 1. The summed E-state index contributed by atoms with van der Waals surface area (Å²) in [6.07, 6.45) is 0.539. The number of ketones is 1. The number of likely N-dealkylation sites (tertiary alicyclic amines) is 1. The minimum atomic E-state index is -1.13. The molecule has 2 aromatic rings. The molecule has 1 aliphatic heterocycles. The van der Waals surface area contributed by atoms with E-state index in [1.807, 2.05) is 57.2 Å². The van der Waals surface area contributed by atoms with Crippen LogP contribution in [-0.4, -0.2) is 46.5 Å². The minimum absolute atomic E-state index is 0.0600. The molecule has 1 heterocycles. The molecule has 1 aliphatic rings. The van der Waals surface area contributed by atoms with Crippen LogP contribution in [-0.2, 0) is 9.53 Å². The molecule has 1 amide bonds. The van der Waals surface area contributed by atoms with Crippen LogP contribution in [0.3, 0.4) is 0 Å². The maximum absolute atomic E-state index is 12.6. The van der Waals surface area contributed by atoms with Crippen LogP contribution < -0.4 is 0 Å². The van der Waals surface area contributed by atoms with Crippen LogP contribution in [0.2, 0.25) is 0 Å². The number of ether oxygens (including phenoxy) is 1. The van der Waals surface area contributed by atoms with Gasteiger partial charge in [-0.3, -0.25) is 9.69 Å². The molecule has 32 heavy (non-hydrogen) atoms. The van der Waals surface area contributed by atoms with Gasteiger partial charge in [-0.1, -0.05) is 73.1 Å². The molecule has 2 aromatic carbocycles. The van der Waals surface area contributed by atoms with Crippen LogP contribution in [0.5, 0.6) is 0 Å². The number of nitrogens with zero attached hydrogens (tertiary/aromatic N) is 1. The highest BCUT2D eigenvalue weighted by Crippen LogP contribution is 2.33. The maximum atomic E-state index is 12.6. The van der Waals surface area contributed by atoms with E-state index < -0.39 is 24.7 Å². The molecule has 0 unspecified atom stereocenters. The molecule has 0 radical (unpaired) electrons. The molecule has 0 aliphatic carbocycles. The highest BCUT2D eigenvalue weighted by Gasteiger charge is 2.43. The monoisotopic (exact) mass is 501 g/mol. The molecule has 0 bridgehead atoms. The second-order valence-corrected chi connectivity index (χ2v) is 10.2. The van der Waals surface area contributed by atoms with Crippen molar-refractivity contribution in [3.63, 3.8) is 0 Å². The van der Waals surface area contributed by atoms with Gasteiger partial charge < -0.3 is 9.84 Å². The number of esters is 1. The molecule has 7 heteroatoms. The third-order valence-electron chi connectivity index (χ3n) is 5.57. The van der Waals surface area contributed by atoms with Gasteiger partial charge >= 0.3 is 12.1 Å². The van der Waals surface area contributed by atoms with Crippen LogP contribution in [0, 0.1) is 5.41 Å². The van der Waals surface area contributed by atoms with Crippen LogP contribution in [0.1, 0.15) is 50.4 Å². The van der Waals surface area contributed by atoms with Crippen molar-refractivity contribution >= 4 is 33.8 Å². The van der Waals surface area contributed by atoms with Crippen LogP contribution in [0.15, 0.2) is 53.0 Å². The molecular weight excluding hydrogens is 474 g/mol. The fourth-order valence-electron chi connectivity index (χ4n) is 4.12. The molecule has 170 valence electrons. The first-order valence-corrected chi connectivity index (χ1v) is 11.4. The lowest BCUT2D eigenvalue weighted by atomic mass is 9.87. The average molecular weight is 502 g/mol. The zero-order chi connectivity index (χ0) is 23.5. The van der Waals surface area contributed by atoms with E-state index in [0.29, 0.717) is 24.8 Å². The number of carbonyl (C=O) groups excluding carboxylic acids is 2. The van der Waals surface area contributed by atoms with Gasteiger partial charge in [0.15, 0.2) is 12.4 Å². The van der Waals surface area contributed by atoms with Crippen molar-refractivity contribution in [3.8, 4) is 11.1 Å². The van der Waals surface area contributed by atoms with Crippen molar-refractivity contribution in [2.75, 3.05) is 6.61 Å². The summed E-state index contributed by atoms with van der Waals surface area (Å²) in [4.78, 5) is 38.1. The van der Waals surface area contributed by atoms with Crippen LogP contribution >= 0.6 is 15.9 Å². The highest BCUT2D eigenvalue weighted by molar-refractivity contribution is 9.10. The Balaban J connectivity index is 1.60. The van der Waals surface area contributed by atoms with Gasteiger partial charge in [0.25, 0.3) is 0 Å². The molecule has 2 atom stereocenters. The van der Waals surface area contributed by atoms with E-state index in [1.54, 1.807) is 12.1 Å². The van der Waals surface area contributed by atoms with Crippen LogP contribution in [0.25, 0.3) is 11.1 Å². The Bertz CT molecular complexity index is 979. The summed E-state index contributed by atoms with van der Waals surface area (Å²) in [5.41, 5.74) is 2.37. The van der Waals surface area contributed by atoms with E-state index in [1.165, 1.54) is 4.90 Å². The summed E-state index contributed by atoms with van der Waals surface area (Å²) < 4.78 is 6.22. The number of benzene rings is 2. The molecule has 1 N–H and O–H groups in total. The second kappa shape index (κ2) is 9.86. The lowest BCUT2D eigenvalue weighted by Crippen LogP contribution is -2.46. The Labute approximate surface area is 196 Å². The highest BCUT2D eigenvalue weighted by atomic mass is 79.9. The lowest BCUT2D eigenvalue weighted by molar-refractivity contribution is -0.147. The largest absolute Gasteiger partial charge is 0.465 e. The van der Waals surface area contributed by atoms with E-state index in [-0.39, 0.29) is 17.2 Å². The van der Waals surface area contributed by atoms with E-state index in [4.69, 9.17) is 4.74 Å². The molecule has 0 spiro atoms. The predicted molar refractivity (Wildman–Crippen MR) is 126 cm³/mol. The molecular formula is C25H28BrNO5. The Morgan fingerprint density at radius 1 is 1.00 bits per heavy atom. The summed E-state index contributed by atoms with van der Waals surface area (Å²) in [7, 11) is 0. The zero-order valence-electron chi connectivity index (χ0n) is 18.5. The number of halogens is 1. The first-order chi connectivity index (χ1) is 15.0. The second-order valence-electron chi connectivity index (χ2n) is 9.32. The number of rotatable bonds is 6. The first kappa shape index (κ1) is 24.0. The van der Waals surface area contributed by atoms with Crippen molar-refractivity contribution < 1.29 is 24.2 Å². The smallest absolute Gasteiger partial charge is 0.408 e. The number of hydrogen-bond donors (Lipinski definition) is 1. The number of hydrogen-bond acceptors (Lipinski definition) is 4. The third kappa shape index (κ3) is 5.97. The standard InChI is InChI=1S/C25H28BrNO5/c1-25(2,3)14-20-12-13-21(27(20)24(30)31)23(29)32-15-22(28)18-6-4-16(5-7-18)17-8-10-19(26)11-9-17/h4-11,20-21H,12-15H2,1-3H3,(H,30,31)/t20-,21-/m0/s1. The van der Waals surface area contributed by atoms with Gasteiger partial charge in [-0.05, 0) is 47.9 Å². The van der Waals surface area contributed by atoms with Gasteiger partial charge in [0.05, 0.1) is 0 Å². The van der Waals surface area contributed by atoms with E-state index >= 15 is 0 Å². The van der Waals surface area contributed by atoms with Crippen molar-refractivity contribution in [2.24, 2.45) is 5.41 Å². The van der Waals surface area contributed by atoms with Crippen LogP contribution in [0.4, 0.5) is 4.79 Å². The summed E-state index contributed by atoms with van der Waals surface area (Å²) in [6.45, 7) is 5.71. The van der Waals surface area contributed by atoms with Gasteiger partial charge in [-0.15, -0.1) is 0 Å². The van der Waals surface area contributed by atoms with E-state index in [0.717, 1.165) is 15.6 Å². The fraction of sp³-hybridized carbons (Fsp3) is 0.400. The minimum Gasteiger partial charge on any atom is -0.465 e. The quantitative estimate of drug-likeness (QED) is 0.400. The SMILES string of the molecule is CC(C)(C)C[C@@H]1CC[C@@H](C(=O)OCC(=O)c2ccc(-c3ccc(Br)cc3)cc2)N1C(=O)O. The third-order valence-corrected chi connectivity index (χ3v) is 6.10. The van der Waals surface area contributed by atoms with Crippen molar-refractivity contribution in [1.29, 1.82) is 0 Å². The molecule has 1 saturated heterocycles. The topological polar surface area (TPSA) is 83.9 Å². The fourth-order valence-corrected chi connectivity index (χ4v) is 4.38. The van der Waals surface area contributed by atoms with E-state index in [2.05, 4.69) is 15.9 Å². The molecule has 0 aromatic heterocycles. The predicted octanol–water partition coefficient (Wildman–Crippen LogP) is 5.79. The summed E-state index contributed by atoms with van der Waals surface area (Å²) in [5, 5.41) is 9.64. The maximum Gasteiger partial charge on any atom is 0.408 e. The molecule has 0 saturated carbocycles. The Morgan fingerprint density at radius 2 is 1.56 bits per heavy atom. The number of amides is 1. The summed E-state index contributed by atoms with van der Waals surface area (Å²) >= 11 is 3.41. The average Bonchev–Trinajstić information content (AvgIpc) is 3.14. The lowest BCUT2D eigenvalue weighted by Gasteiger charge is -2.30. The van der Waals surface area contributed by atoms with Crippen molar-refractivity contribution in [2.45, 2.75) is 52.1 Å². The van der Waals surface area contributed by atoms with Gasteiger partial charge in [-0.25, -0.2) is 9.59 Å². The summed E-state index contributed by atoms with van der Waals surface area (Å²) in [6, 6.07) is 13.8. The van der Waals surface area contributed by atoms with Gasteiger partial charge in [0.2, 0.25) is 0 Å². The summed E-state index contributed by atoms with van der Waals surface area (Å²) in [5.74, 6) is -0.990. The van der Waals surface area contributed by atoms with E-state index in [9.17, 15) is 19.5 Å². The normalized spacial score (nSPS) is 18.4. The number of Topliss-reactive ketones (excluding diaryl/α,β-unsaturated/α-hetero) is 1.